The molecule has 0 bridgehead atoms. The van der Waals surface area contributed by atoms with Crippen LogP contribution in [-0.2, 0) is 9.53 Å². The van der Waals surface area contributed by atoms with Crippen LogP contribution in [0.5, 0.6) is 11.5 Å². The summed E-state index contributed by atoms with van der Waals surface area (Å²) in [5.74, 6) is 1.32. The van der Waals surface area contributed by atoms with Crippen LogP contribution in [0.4, 0.5) is 0 Å². The van der Waals surface area contributed by atoms with E-state index in [2.05, 4.69) is 10.2 Å². The Hall–Kier alpha value is -3.61. The van der Waals surface area contributed by atoms with Crippen molar-refractivity contribution in [1.29, 1.82) is 0 Å². The van der Waals surface area contributed by atoms with Crippen LogP contribution in [0.15, 0.2) is 59.0 Å². The number of carbonyl (C=O) groups excluding carboxylic acids is 1. The molecule has 0 amide bonds. The Morgan fingerprint density at radius 3 is 2.66 bits per heavy atom. The molecule has 1 heterocycles. The van der Waals surface area contributed by atoms with E-state index in [0.717, 1.165) is 11.1 Å². The highest BCUT2D eigenvalue weighted by atomic mass is 16.6. The number of benzene rings is 2. The fraction of sp³-hybridized carbons (Fsp3) is 0.227. The summed E-state index contributed by atoms with van der Waals surface area (Å²) in [6.45, 7) is 4.11. The minimum Gasteiger partial charge on any atom is -0.493 e. The van der Waals surface area contributed by atoms with Crippen molar-refractivity contribution in [2.45, 2.75) is 20.0 Å². The summed E-state index contributed by atoms with van der Waals surface area (Å²) >= 11 is 0. The summed E-state index contributed by atoms with van der Waals surface area (Å²) in [7, 11) is 1.56. The summed E-state index contributed by atoms with van der Waals surface area (Å²) in [6, 6.07) is 14.8. The molecule has 1 aromatic heterocycles. The Kier molecular flexibility index (Phi) is 6.63. The Labute approximate surface area is 168 Å². The van der Waals surface area contributed by atoms with Gasteiger partial charge in [0.2, 0.25) is 5.89 Å². The molecule has 0 saturated carbocycles. The van der Waals surface area contributed by atoms with Crippen LogP contribution in [0.25, 0.3) is 17.5 Å². The van der Waals surface area contributed by atoms with Gasteiger partial charge in [-0.3, -0.25) is 0 Å². The molecule has 7 heteroatoms. The molecule has 0 N–H and O–H groups in total. The molecule has 3 aromatic rings. The highest BCUT2D eigenvalue weighted by molar-refractivity contribution is 5.87. The van der Waals surface area contributed by atoms with Crippen molar-refractivity contribution < 1.29 is 23.4 Å². The Morgan fingerprint density at radius 1 is 1.14 bits per heavy atom. The van der Waals surface area contributed by atoms with E-state index in [4.69, 9.17) is 18.6 Å². The molecule has 1 atom stereocenters. The third-order valence-electron chi connectivity index (χ3n) is 4.00. The number of aromatic nitrogens is 2. The van der Waals surface area contributed by atoms with E-state index in [1.807, 2.05) is 43.3 Å². The first-order chi connectivity index (χ1) is 14.1. The first kappa shape index (κ1) is 20.1. The lowest BCUT2D eigenvalue weighted by Gasteiger charge is -2.09. The van der Waals surface area contributed by atoms with Gasteiger partial charge in [-0.2, -0.15) is 0 Å². The molecule has 1 unspecified atom stereocenters. The van der Waals surface area contributed by atoms with Crippen molar-refractivity contribution >= 4 is 12.0 Å². The number of methoxy groups -OCH3 is 1. The van der Waals surface area contributed by atoms with E-state index in [-0.39, 0.29) is 5.89 Å². The summed E-state index contributed by atoms with van der Waals surface area (Å²) in [6.07, 6.45) is 2.29. The second-order valence-electron chi connectivity index (χ2n) is 6.07. The maximum atomic E-state index is 12.1. The normalized spacial score (nSPS) is 12.0. The van der Waals surface area contributed by atoms with Crippen molar-refractivity contribution in [1.82, 2.24) is 10.2 Å². The monoisotopic (exact) mass is 394 g/mol. The van der Waals surface area contributed by atoms with Crippen LogP contribution in [-0.4, -0.2) is 29.9 Å². The average Bonchev–Trinajstić information content (AvgIpc) is 3.24. The zero-order chi connectivity index (χ0) is 20.6. The van der Waals surface area contributed by atoms with Crippen molar-refractivity contribution in [2.75, 3.05) is 13.7 Å². The predicted octanol–water partition coefficient (Wildman–Crippen LogP) is 4.46. The molecule has 0 fully saturated rings. The van der Waals surface area contributed by atoms with Crippen LogP contribution in [0.2, 0.25) is 0 Å². The van der Waals surface area contributed by atoms with E-state index >= 15 is 0 Å². The zero-order valence-corrected chi connectivity index (χ0v) is 16.5. The molecule has 29 heavy (non-hydrogen) atoms. The lowest BCUT2D eigenvalue weighted by molar-refractivity contribution is -0.143. The molecule has 150 valence electrons. The van der Waals surface area contributed by atoms with Gasteiger partial charge in [-0.25, -0.2) is 4.79 Å². The number of hydrogen-bond donors (Lipinski definition) is 0. The number of rotatable bonds is 8. The molecule has 0 spiro atoms. The SMILES string of the molecule is CCOc1ccc(/C=C/C(=O)OC(C)c2nnc(-c3ccccc3)o2)cc1OC. The van der Waals surface area contributed by atoms with E-state index < -0.39 is 12.1 Å². The maximum absolute atomic E-state index is 12.1. The summed E-state index contributed by atoms with van der Waals surface area (Å²) in [5, 5.41) is 7.96. The molecule has 0 aliphatic rings. The predicted molar refractivity (Wildman–Crippen MR) is 107 cm³/mol. The molecule has 2 aromatic carbocycles. The smallest absolute Gasteiger partial charge is 0.331 e. The van der Waals surface area contributed by atoms with Gasteiger partial charge >= 0.3 is 5.97 Å². The standard InChI is InChI=1S/C22H22N2O5/c1-4-27-18-12-10-16(14-19(18)26-3)11-13-20(25)28-15(2)21-23-24-22(29-21)17-8-6-5-7-9-17/h5-15H,4H2,1-3H3/b13-11+. The van der Waals surface area contributed by atoms with Crippen LogP contribution >= 0.6 is 0 Å². The number of carbonyl (C=O) groups is 1. The van der Waals surface area contributed by atoms with Crippen molar-refractivity contribution in [2.24, 2.45) is 0 Å². The van der Waals surface area contributed by atoms with Gasteiger partial charge in [0.25, 0.3) is 5.89 Å². The highest BCUT2D eigenvalue weighted by Crippen LogP contribution is 2.28. The molecule has 7 nitrogen and oxygen atoms in total. The highest BCUT2D eigenvalue weighted by Gasteiger charge is 2.18. The van der Waals surface area contributed by atoms with E-state index in [0.29, 0.717) is 24.0 Å². The summed E-state index contributed by atoms with van der Waals surface area (Å²) < 4.78 is 21.7. The average molecular weight is 394 g/mol. The molecular formula is C22H22N2O5. The first-order valence-electron chi connectivity index (χ1n) is 9.19. The molecule has 0 radical (unpaired) electrons. The summed E-state index contributed by atoms with van der Waals surface area (Å²) in [5.41, 5.74) is 1.58. The molecule has 3 rings (SSSR count). The largest absolute Gasteiger partial charge is 0.493 e. The molecular weight excluding hydrogens is 372 g/mol. The fourth-order valence-corrected chi connectivity index (χ4v) is 2.59. The van der Waals surface area contributed by atoms with Gasteiger partial charge < -0.3 is 18.6 Å². The summed E-state index contributed by atoms with van der Waals surface area (Å²) in [4.78, 5) is 12.1. The Morgan fingerprint density at radius 2 is 1.93 bits per heavy atom. The molecule has 0 aliphatic heterocycles. The van der Waals surface area contributed by atoms with Crippen molar-refractivity contribution in [3.05, 3.63) is 66.1 Å². The second-order valence-corrected chi connectivity index (χ2v) is 6.07. The Bertz CT molecular complexity index is 982. The quantitative estimate of drug-likeness (QED) is 0.412. The number of esters is 1. The van der Waals surface area contributed by atoms with E-state index in [1.54, 1.807) is 32.2 Å². The zero-order valence-electron chi connectivity index (χ0n) is 16.5. The van der Waals surface area contributed by atoms with Crippen LogP contribution in [0.3, 0.4) is 0 Å². The number of ether oxygens (including phenoxy) is 3. The van der Waals surface area contributed by atoms with E-state index in [9.17, 15) is 4.79 Å². The molecule has 0 aliphatic carbocycles. The van der Waals surface area contributed by atoms with Gasteiger partial charge in [0.15, 0.2) is 17.6 Å². The topological polar surface area (TPSA) is 83.7 Å². The lowest BCUT2D eigenvalue weighted by Crippen LogP contribution is -2.06. The van der Waals surface area contributed by atoms with Crippen LogP contribution in [0.1, 0.15) is 31.4 Å². The van der Waals surface area contributed by atoms with Gasteiger partial charge in [-0.1, -0.05) is 24.3 Å². The number of hydrogen-bond acceptors (Lipinski definition) is 7. The van der Waals surface area contributed by atoms with E-state index in [1.165, 1.54) is 6.08 Å². The van der Waals surface area contributed by atoms with Gasteiger partial charge in [0, 0.05) is 11.6 Å². The maximum Gasteiger partial charge on any atom is 0.331 e. The van der Waals surface area contributed by atoms with Crippen LogP contribution in [0, 0.1) is 0 Å². The third-order valence-corrected chi connectivity index (χ3v) is 4.00. The fourth-order valence-electron chi connectivity index (χ4n) is 2.59. The van der Waals surface area contributed by atoms with Crippen molar-refractivity contribution in [3.63, 3.8) is 0 Å². The van der Waals surface area contributed by atoms with Crippen LogP contribution < -0.4 is 9.47 Å². The third kappa shape index (κ3) is 5.22. The lowest BCUT2D eigenvalue weighted by atomic mass is 10.2. The van der Waals surface area contributed by atoms with Crippen molar-refractivity contribution in [3.8, 4) is 23.0 Å². The van der Waals surface area contributed by atoms with Gasteiger partial charge in [0.05, 0.1) is 13.7 Å². The minimum absolute atomic E-state index is 0.230. The van der Waals surface area contributed by atoms with Gasteiger partial charge in [-0.05, 0) is 49.8 Å². The molecule has 0 saturated heterocycles. The first-order valence-corrected chi connectivity index (χ1v) is 9.19. The van der Waals surface area contributed by atoms with Gasteiger partial charge in [0.1, 0.15) is 0 Å². The number of nitrogens with zero attached hydrogens (tertiary/aromatic N) is 2. The van der Waals surface area contributed by atoms with Gasteiger partial charge in [-0.15, -0.1) is 10.2 Å². The second kappa shape index (κ2) is 9.54. The Balaban J connectivity index is 1.62. The minimum atomic E-state index is -0.674.